The molecule has 1 atom stereocenters. The number of carbonyl (C=O) groups excluding carboxylic acids is 3. The molecule has 4 rings (SSSR count). The van der Waals surface area contributed by atoms with Crippen molar-refractivity contribution < 1.29 is 19.1 Å². The van der Waals surface area contributed by atoms with Crippen molar-refractivity contribution in [2.24, 2.45) is 11.5 Å². The van der Waals surface area contributed by atoms with Crippen LogP contribution >= 0.6 is 0 Å². The molecule has 1 aliphatic heterocycles. The standard InChI is InChI=1S/C27H28N4O4/c28-25(32)21-10-2-4-13-24(21)35-17-18-7-5-9-19(15-18)27(34)30-22-11-3-1-8-20(22)16-31-14-6-12-23(31)26(29)33/h1-5,7-11,13,15,23H,6,12,14,16-17H2,(H2,28,32)(H2,29,33)(H,30,34). The molecule has 0 aromatic heterocycles. The lowest BCUT2D eigenvalue weighted by Gasteiger charge is -2.23. The fourth-order valence-corrected chi connectivity index (χ4v) is 4.29. The van der Waals surface area contributed by atoms with Crippen LogP contribution in [0.15, 0.2) is 72.8 Å². The maximum Gasteiger partial charge on any atom is 0.255 e. The summed E-state index contributed by atoms with van der Waals surface area (Å²) in [4.78, 5) is 38.5. The normalized spacial score (nSPS) is 15.5. The molecule has 3 aromatic carbocycles. The zero-order valence-electron chi connectivity index (χ0n) is 19.3. The van der Waals surface area contributed by atoms with Crippen LogP contribution in [0.3, 0.4) is 0 Å². The summed E-state index contributed by atoms with van der Waals surface area (Å²) in [6.45, 7) is 1.49. The topological polar surface area (TPSA) is 128 Å². The molecule has 35 heavy (non-hydrogen) atoms. The molecule has 180 valence electrons. The number of anilines is 1. The molecule has 1 unspecified atom stereocenters. The predicted molar refractivity (Wildman–Crippen MR) is 133 cm³/mol. The maximum atomic E-state index is 13.0. The Kier molecular flexibility index (Phi) is 7.42. The zero-order chi connectivity index (χ0) is 24.8. The van der Waals surface area contributed by atoms with Crippen LogP contribution in [0.2, 0.25) is 0 Å². The van der Waals surface area contributed by atoms with Gasteiger partial charge in [-0.1, -0.05) is 42.5 Å². The Morgan fingerprint density at radius 1 is 0.971 bits per heavy atom. The first-order chi connectivity index (χ1) is 16.9. The zero-order valence-corrected chi connectivity index (χ0v) is 19.3. The number of para-hydroxylation sites is 2. The van der Waals surface area contributed by atoms with Crippen molar-refractivity contribution in [3.05, 3.63) is 95.1 Å². The molecule has 1 aliphatic rings. The molecule has 8 nitrogen and oxygen atoms in total. The van der Waals surface area contributed by atoms with Crippen LogP contribution < -0.4 is 21.5 Å². The first-order valence-corrected chi connectivity index (χ1v) is 11.5. The van der Waals surface area contributed by atoms with Gasteiger partial charge in [0.25, 0.3) is 11.8 Å². The van der Waals surface area contributed by atoms with Gasteiger partial charge < -0.3 is 21.5 Å². The Balaban J connectivity index is 1.45. The molecular weight excluding hydrogens is 444 g/mol. The van der Waals surface area contributed by atoms with E-state index in [-0.39, 0.29) is 24.5 Å². The number of ether oxygens (including phenoxy) is 1. The molecule has 3 aromatic rings. The van der Waals surface area contributed by atoms with E-state index in [1.807, 2.05) is 30.3 Å². The molecule has 1 fully saturated rings. The van der Waals surface area contributed by atoms with Crippen LogP contribution in [-0.4, -0.2) is 35.2 Å². The minimum absolute atomic E-state index is 0.172. The first-order valence-electron chi connectivity index (χ1n) is 11.5. The average molecular weight is 473 g/mol. The van der Waals surface area contributed by atoms with Gasteiger partial charge in [0.05, 0.1) is 11.6 Å². The van der Waals surface area contributed by atoms with Crippen LogP contribution in [0.5, 0.6) is 5.75 Å². The van der Waals surface area contributed by atoms with E-state index in [9.17, 15) is 14.4 Å². The van der Waals surface area contributed by atoms with E-state index in [1.165, 1.54) is 0 Å². The number of likely N-dealkylation sites (tertiary alicyclic amines) is 1. The van der Waals surface area contributed by atoms with Crippen LogP contribution in [0, 0.1) is 0 Å². The van der Waals surface area contributed by atoms with Gasteiger partial charge in [-0.15, -0.1) is 0 Å². The number of amides is 3. The van der Waals surface area contributed by atoms with Crippen LogP contribution in [0.4, 0.5) is 5.69 Å². The number of hydrogen-bond donors (Lipinski definition) is 3. The molecule has 1 heterocycles. The van der Waals surface area contributed by atoms with Gasteiger partial charge in [0.1, 0.15) is 12.4 Å². The van der Waals surface area contributed by atoms with Crippen molar-refractivity contribution in [3.8, 4) is 5.75 Å². The Hall–Kier alpha value is -4.17. The highest BCUT2D eigenvalue weighted by Gasteiger charge is 2.29. The highest BCUT2D eigenvalue weighted by Crippen LogP contribution is 2.24. The van der Waals surface area contributed by atoms with E-state index >= 15 is 0 Å². The summed E-state index contributed by atoms with van der Waals surface area (Å²) in [6.07, 6.45) is 1.67. The van der Waals surface area contributed by atoms with E-state index in [4.69, 9.17) is 16.2 Å². The Morgan fingerprint density at radius 3 is 2.54 bits per heavy atom. The lowest BCUT2D eigenvalue weighted by Crippen LogP contribution is -2.39. The fraction of sp³-hybridized carbons (Fsp3) is 0.222. The molecule has 3 amide bonds. The Labute approximate surface area is 203 Å². The largest absolute Gasteiger partial charge is 0.488 e. The number of nitrogens with one attached hydrogen (secondary N) is 1. The smallest absolute Gasteiger partial charge is 0.255 e. The second-order valence-electron chi connectivity index (χ2n) is 8.49. The fourth-order valence-electron chi connectivity index (χ4n) is 4.29. The van der Waals surface area contributed by atoms with Gasteiger partial charge in [-0.25, -0.2) is 0 Å². The Morgan fingerprint density at radius 2 is 1.74 bits per heavy atom. The number of nitrogens with two attached hydrogens (primary N) is 2. The molecule has 0 radical (unpaired) electrons. The van der Waals surface area contributed by atoms with Gasteiger partial charge in [-0.2, -0.15) is 0 Å². The molecule has 5 N–H and O–H groups in total. The van der Waals surface area contributed by atoms with Gasteiger partial charge in [-0.3, -0.25) is 19.3 Å². The van der Waals surface area contributed by atoms with E-state index in [0.717, 1.165) is 30.5 Å². The van der Waals surface area contributed by atoms with E-state index in [1.54, 1.807) is 42.5 Å². The number of benzene rings is 3. The van der Waals surface area contributed by atoms with Crippen molar-refractivity contribution in [1.29, 1.82) is 0 Å². The van der Waals surface area contributed by atoms with Gasteiger partial charge in [0.2, 0.25) is 5.91 Å². The predicted octanol–water partition coefficient (Wildman–Crippen LogP) is 3.07. The number of nitrogens with zero attached hydrogens (tertiary/aromatic N) is 1. The summed E-state index contributed by atoms with van der Waals surface area (Å²) >= 11 is 0. The summed E-state index contributed by atoms with van der Waals surface area (Å²) in [5.41, 5.74) is 14.1. The highest BCUT2D eigenvalue weighted by molar-refractivity contribution is 6.04. The number of rotatable bonds is 9. The number of hydrogen-bond acceptors (Lipinski definition) is 5. The van der Waals surface area contributed by atoms with E-state index in [0.29, 0.717) is 29.1 Å². The van der Waals surface area contributed by atoms with Crippen LogP contribution in [-0.2, 0) is 17.9 Å². The van der Waals surface area contributed by atoms with E-state index < -0.39 is 5.91 Å². The molecular formula is C27H28N4O4. The molecule has 0 bridgehead atoms. The summed E-state index contributed by atoms with van der Waals surface area (Å²) < 4.78 is 5.78. The van der Waals surface area contributed by atoms with Crippen molar-refractivity contribution in [2.75, 3.05) is 11.9 Å². The minimum Gasteiger partial charge on any atom is -0.488 e. The molecule has 8 heteroatoms. The minimum atomic E-state index is -0.566. The second-order valence-corrected chi connectivity index (χ2v) is 8.49. The lowest BCUT2D eigenvalue weighted by molar-refractivity contribution is -0.122. The van der Waals surface area contributed by atoms with Crippen molar-refractivity contribution in [1.82, 2.24) is 4.90 Å². The summed E-state index contributed by atoms with van der Waals surface area (Å²) in [6, 6.07) is 21.1. The van der Waals surface area contributed by atoms with Crippen molar-refractivity contribution in [2.45, 2.75) is 32.0 Å². The molecule has 0 saturated carbocycles. The lowest BCUT2D eigenvalue weighted by atomic mass is 10.1. The van der Waals surface area contributed by atoms with Gasteiger partial charge >= 0.3 is 0 Å². The SMILES string of the molecule is NC(=O)c1ccccc1OCc1cccc(C(=O)Nc2ccccc2CN2CCCC2C(N)=O)c1. The van der Waals surface area contributed by atoms with Gasteiger partial charge in [-0.05, 0) is 60.8 Å². The van der Waals surface area contributed by atoms with E-state index in [2.05, 4.69) is 10.2 Å². The number of carbonyl (C=O) groups is 3. The summed E-state index contributed by atoms with van der Waals surface area (Å²) in [7, 11) is 0. The monoisotopic (exact) mass is 472 g/mol. The Bertz CT molecular complexity index is 1240. The highest BCUT2D eigenvalue weighted by atomic mass is 16.5. The van der Waals surface area contributed by atoms with Crippen LogP contribution in [0.25, 0.3) is 0 Å². The first kappa shape index (κ1) is 24.0. The van der Waals surface area contributed by atoms with Gasteiger partial charge in [0.15, 0.2) is 0 Å². The maximum absolute atomic E-state index is 13.0. The average Bonchev–Trinajstić information content (AvgIpc) is 3.33. The van der Waals surface area contributed by atoms with Crippen molar-refractivity contribution in [3.63, 3.8) is 0 Å². The van der Waals surface area contributed by atoms with Crippen molar-refractivity contribution >= 4 is 23.4 Å². The third-order valence-corrected chi connectivity index (χ3v) is 6.07. The third-order valence-electron chi connectivity index (χ3n) is 6.07. The quantitative estimate of drug-likeness (QED) is 0.441. The summed E-state index contributed by atoms with van der Waals surface area (Å²) in [5, 5.41) is 2.99. The number of primary amides is 2. The summed E-state index contributed by atoms with van der Waals surface area (Å²) in [5.74, 6) is -0.755. The molecule has 1 saturated heterocycles. The second kappa shape index (κ2) is 10.8. The van der Waals surface area contributed by atoms with Crippen LogP contribution in [0.1, 0.15) is 44.7 Å². The third kappa shape index (κ3) is 5.85. The molecule has 0 spiro atoms. The van der Waals surface area contributed by atoms with Gasteiger partial charge in [0, 0.05) is 17.8 Å². The molecule has 0 aliphatic carbocycles.